The molecule has 18 heavy (non-hydrogen) atoms. The molecule has 1 aromatic carbocycles. The van der Waals surface area contributed by atoms with E-state index in [4.69, 9.17) is 10.8 Å². The second-order valence-electron chi connectivity index (χ2n) is 4.26. The molecule has 0 saturated heterocycles. The SMILES string of the molecule is Cc1cnn(-c2ccc(C(N)CC(=O)O)cc2)c1. The van der Waals surface area contributed by atoms with E-state index in [-0.39, 0.29) is 6.42 Å². The van der Waals surface area contributed by atoms with Gasteiger partial charge >= 0.3 is 5.97 Å². The fraction of sp³-hybridized carbons (Fsp3) is 0.231. The zero-order valence-corrected chi connectivity index (χ0v) is 10.1. The van der Waals surface area contributed by atoms with Crippen LogP contribution in [0.4, 0.5) is 0 Å². The van der Waals surface area contributed by atoms with Crippen LogP contribution in [0.1, 0.15) is 23.6 Å². The highest BCUT2D eigenvalue weighted by Crippen LogP contribution is 2.16. The minimum Gasteiger partial charge on any atom is -0.481 e. The minimum absolute atomic E-state index is 0.0692. The predicted molar refractivity (Wildman–Crippen MR) is 67.5 cm³/mol. The lowest BCUT2D eigenvalue weighted by molar-refractivity contribution is -0.137. The van der Waals surface area contributed by atoms with Gasteiger partial charge in [0.05, 0.1) is 18.3 Å². The number of hydrogen-bond donors (Lipinski definition) is 2. The molecule has 1 atom stereocenters. The third-order valence-electron chi connectivity index (χ3n) is 2.69. The number of hydrogen-bond acceptors (Lipinski definition) is 3. The summed E-state index contributed by atoms with van der Waals surface area (Å²) in [6.45, 7) is 1.97. The van der Waals surface area contributed by atoms with Crippen molar-refractivity contribution in [1.29, 1.82) is 0 Å². The van der Waals surface area contributed by atoms with Crippen LogP contribution < -0.4 is 5.73 Å². The Hall–Kier alpha value is -2.14. The van der Waals surface area contributed by atoms with Gasteiger partial charge in [0.2, 0.25) is 0 Å². The van der Waals surface area contributed by atoms with E-state index in [2.05, 4.69) is 5.10 Å². The van der Waals surface area contributed by atoms with Crippen LogP contribution in [0.25, 0.3) is 5.69 Å². The van der Waals surface area contributed by atoms with E-state index in [1.807, 2.05) is 37.4 Å². The summed E-state index contributed by atoms with van der Waals surface area (Å²) in [5, 5.41) is 12.9. The first-order valence-corrected chi connectivity index (χ1v) is 5.65. The third kappa shape index (κ3) is 2.75. The molecule has 1 heterocycles. The summed E-state index contributed by atoms with van der Waals surface area (Å²) in [5.41, 5.74) is 8.61. The van der Waals surface area contributed by atoms with Crippen molar-refractivity contribution in [2.45, 2.75) is 19.4 Å². The molecule has 0 aliphatic carbocycles. The van der Waals surface area contributed by atoms with Crippen molar-refractivity contribution in [3.8, 4) is 5.69 Å². The predicted octanol–water partition coefficient (Wildman–Crippen LogP) is 1.66. The average Bonchev–Trinajstić information content (AvgIpc) is 2.75. The van der Waals surface area contributed by atoms with Gasteiger partial charge in [0.25, 0.3) is 0 Å². The molecule has 0 spiro atoms. The number of carboxylic acids is 1. The molecule has 5 heteroatoms. The maximum atomic E-state index is 10.6. The van der Waals surface area contributed by atoms with Crippen LogP contribution in [0, 0.1) is 6.92 Å². The van der Waals surface area contributed by atoms with Gasteiger partial charge in [-0.05, 0) is 30.2 Å². The van der Waals surface area contributed by atoms with E-state index in [1.54, 1.807) is 10.9 Å². The topological polar surface area (TPSA) is 81.1 Å². The third-order valence-corrected chi connectivity index (χ3v) is 2.69. The molecule has 0 fully saturated rings. The van der Waals surface area contributed by atoms with Gasteiger partial charge < -0.3 is 10.8 Å². The van der Waals surface area contributed by atoms with Crippen molar-refractivity contribution in [2.24, 2.45) is 5.73 Å². The van der Waals surface area contributed by atoms with Crippen molar-refractivity contribution in [3.63, 3.8) is 0 Å². The van der Waals surface area contributed by atoms with Crippen LogP contribution in [0.3, 0.4) is 0 Å². The Bertz CT molecular complexity index is 546. The molecule has 94 valence electrons. The van der Waals surface area contributed by atoms with Gasteiger partial charge in [0, 0.05) is 12.2 Å². The normalized spacial score (nSPS) is 12.3. The van der Waals surface area contributed by atoms with Gasteiger partial charge in [-0.3, -0.25) is 4.79 Å². The van der Waals surface area contributed by atoms with E-state index in [1.165, 1.54) is 0 Å². The van der Waals surface area contributed by atoms with Gasteiger partial charge in [-0.2, -0.15) is 5.10 Å². The maximum absolute atomic E-state index is 10.6. The number of benzene rings is 1. The zero-order valence-electron chi connectivity index (χ0n) is 10.1. The Morgan fingerprint density at radius 1 is 1.44 bits per heavy atom. The van der Waals surface area contributed by atoms with Crippen molar-refractivity contribution >= 4 is 5.97 Å². The first-order chi connectivity index (χ1) is 8.56. The lowest BCUT2D eigenvalue weighted by Gasteiger charge is -2.10. The maximum Gasteiger partial charge on any atom is 0.305 e. The highest BCUT2D eigenvalue weighted by Gasteiger charge is 2.10. The Kier molecular flexibility index (Phi) is 3.43. The summed E-state index contributed by atoms with van der Waals surface area (Å²) in [5.74, 6) is -0.894. The summed E-state index contributed by atoms with van der Waals surface area (Å²) in [6, 6.07) is 6.95. The van der Waals surface area contributed by atoms with E-state index in [0.29, 0.717) is 0 Å². The van der Waals surface area contributed by atoms with Crippen molar-refractivity contribution in [1.82, 2.24) is 9.78 Å². The van der Waals surface area contributed by atoms with E-state index >= 15 is 0 Å². The van der Waals surface area contributed by atoms with Gasteiger partial charge in [-0.15, -0.1) is 0 Å². The molecule has 0 aliphatic rings. The fourth-order valence-corrected chi connectivity index (χ4v) is 1.73. The molecule has 0 saturated carbocycles. The van der Waals surface area contributed by atoms with E-state index < -0.39 is 12.0 Å². The van der Waals surface area contributed by atoms with Crippen molar-refractivity contribution in [3.05, 3.63) is 47.8 Å². The number of nitrogens with two attached hydrogens (primary N) is 1. The van der Waals surface area contributed by atoms with E-state index in [9.17, 15) is 4.79 Å². The van der Waals surface area contributed by atoms with Crippen molar-refractivity contribution < 1.29 is 9.90 Å². The largest absolute Gasteiger partial charge is 0.481 e. The molecular weight excluding hydrogens is 230 g/mol. The van der Waals surface area contributed by atoms with Gasteiger partial charge in [-0.25, -0.2) is 4.68 Å². The first kappa shape index (κ1) is 12.3. The van der Waals surface area contributed by atoms with Crippen molar-refractivity contribution in [2.75, 3.05) is 0 Å². The van der Waals surface area contributed by atoms with Crippen LogP contribution in [0.2, 0.25) is 0 Å². The molecule has 2 aromatic rings. The lowest BCUT2D eigenvalue weighted by atomic mass is 10.0. The van der Waals surface area contributed by atoms with Gasteiger partial charge in [-0.1, -0.05) is 12.1 Å². The summed E-state index contributed by atoms with van der Waals surface area (Å²) in [6.07, 6.45) is 3.64. The highest BCUT2D eigenvalue weighted by molar-refractivity contribution is 5.67. The highest BCUT2D eigenvalue weighted by atomic mass is 16.4. The Morgan fingerprint density at radius 3 is 2.61 bits per heavy atom. The van der Waals surface area contributed by atoms with Crippen LogP contribution >= 0.6 is 0 Å². The first-order valence-electron chi connectivity index (χ1n) is 5.65. The number of rotatable bonds is 4. The molecule has 0 radical (unpaired) electrons. The summed E-state index contributed by atoms with van der Waals surface area (Å²) in [7, 11) is 0. The second kappa shape index (κ2) is 5.01. The quantitative estimate of drug-likeness (QED) is 0.858. The molecular formula is C13H15N3O2. The summed E-state index contributed by atoms with van der Waals surface area (Å²) < 4.78 is 1.77. The Balaban J connectivity index is 2.17. The average molecular weight is 245 g/mol. The molecule has 0 aliphatic heterocycles. The number of aryl methyl sites for hydroxylation is 1. The zero-order chi connectivity index (χ0) is 13.1. The summed E-state index contributed by atoms with van der Waals surface area (Å²) >= 11 is 0. The molecule has 0 bridgehead atoms. The Labute approximate surface area is 105 Å². The molecule has 1 unspecified atom stereocenters. The smallest absolute Gasteiger partial charge is 0.305 e. The number of carbonyl (C=O) groups is 1. The Morgan fingerprint density at radius 2 is 2.11 bits per heavy atom. The van der Waals surface area contributed by atoms with E-state index in [0.717, 1.165) is 16.8 Å². The molecule has 3 N–H and O–H groups in total. The van der Waals surface area contributed by atoms with Crippen LogP contribution in [0.5, 0.6) is 0 Å². The van der Waals surface area contributed by atoms with Crippen LogP contribution in [0.15, 0.2) is 36.7 Å². The fourth-order valence-electron chi connectivity index (χ4n) is 1.73. The second-order valence-corrected chi connectivity index (χ2v) is 4.26. The molecule has 5 nitrogen and oxygen atoms in total. The standard InChI is InChI=1S/C13H15N3O2/c1-9-7-15-16(8-9)11-4-2-10(3-5-11)12(14)6-13(17)18/h2-5,7-8,12H,6,14H2,1H3,(H,17,18). The van der Waals surface area contributed by atoms with Gasteiger partial charge in [0.15, 0.2) is 0 Å². The number of aromatic nitrogens is 2. The monoisotopic (exact) mass is 245 g/mol. The van der Waals surface area contributed by atoms with Crippen LogP contribution in [-0.2, 0) is 4.79 Å². The number of aliphatic carboxylic acids is 1. The molecule has 2 rings (SSSR count). The lowest BCUT2D eigenvalue weighted by Crippen LogP contribution is -2.14. The molecule has 1 aromatic heterocycles. The molecule has 0 amide bonds. The number of nitrogens with zero attached hydrogens (tertiary/aromatic N) is 2. The minimum atomic E-state index is -0.894. The summed E-state index contributed by atoms with van der Waals surface area (Å²) in [4.78, 5) is 10.6. The van der Waals surface area contributed by atoms with Gasteiger partial charge in [0.1, 0.15) is 0 Å². The van der Waals surface area contributed by atoms with Crippen LogP contribution in [-0.4, -0.2) is 20.9 Å². The number of carboxylic acid groups (broad SMARTS) is 1.